The van der Waals surface area contributed by atoms with Crippen LogP contribution >= 0.6 is 11.6 Å². The Hall–Kier alpha value is -2.71. The lowest BCUT2D eigenvalue weighted by atomic mass is 9.85. The quantitative estimate of drug-likeness (QED) is 0.732. The normalized spacial score (nSPS) is 25.2. The first kappa shape index (κ1) is 21.2. The van der Waals surface area contributed by atoms with E-state index in [4.69, 9.17) is 22.1 Å². The van der Waals surface area contributed by atoms with E-state index < -0.39 is 5.82 Å². The summed E-state index contributed by atoms with van der Waals surface area (Å²) < 4.78 is 20.3. The molecule has 2 saturated heterocycles. The van der Waals surface area contributed by atoms with Gasteiger partial charge in [0.05, 0.1) is 23.7 Å². The van der Waals surface area contributed by atoms with Crippen LogP contribution in [0.1, 0.15) is 48.3 Å². The molecule has 168 valence electrons. The third-order valence-corrected chi connectivity index (χ3v) is 6.61. The molecule has 5 rings (SSSR count). The lowest BCUT2D eigenvalue weighted by Crippen LogP contribution is -2.51. The fourth-order valence-corrected chi connectivity index (χ4v) is 5.00. The highest BCUT2D eigenvalue weighted by Crippen LogP contribution is 2.32. The number of nitrogens with zero attached hydrogens (tertiary/aromatic N) is 3. The van der Waals surface area contributed by atoms with Crippen LogP contribution in [0.4, 0.5) is 4.39 Å². The topological polar surface area (TPSA) is 93.4 Å². The third-order valence-electron chi connectivity index (χ3n) is 6.41. The molecule has 2 fully saturated rings. The summed E-state index contributed by atoms with van der Waals surface area (Å²) in [6.07, 6.45) is 8.14. The SMILES string of the molecule is NC1=C(c2ncc(Cl)cn2)CN(C(=O)c2ccc(F)cc2OC2CC3CCCC(C2)N3)C1. The van der Waals surface area contributed by atoms with Crippen LogP contribution in [0.25, 0.3) is 5.57 Å². The molecule has 2 bridgehead atoms. The van der Waals surface area contributed by atoms with Crippen LogP contribution in [0.2, 0.25) is 5.02 Å². The summed E-state index contributed by atoms with van der Waals surface area (Å²) in [7, 11) is 0. The van der Waals surface area contributed by atoms with Gasteiger partial charge in [0, 0.05) is 41.8 Å². The van der Waals surface area contributed by atoms with E-state index in [1.807, 2.05) is 0 Å². The van der Waals surface area contributed by atoms with Gasteiger partial charge in [0.2, 0.25) is 0 Å². The number of nitrogens with two attached hydrogens (primary N) is 1. The van der Waals surface area contributed by atoms with Gasteiger partial charge in [-0.05, 0) is 37.8 Å². The molecular formula is C23H25ClFN5O2. The number of nitrogens with one attached hydrogen (secondary N) is 1. The summed E-state index contributed by atoms with van der Waals surface area (Å²) in [4.78, 5) is 23.4. The van der Waals surface area contributed by atoms with Crippen molar-refractivity contribution in [2.45, 2.75) is 50.3 Å². The van der Waals surface area contributed by atoms with Gasteiger partial charge in [-0.25, -0.2) is 14.4 Å². The van der Waals surface area contributed by atoms with E-state index in [9.17, 15) is 9.18 Å². The van der Waals surface area contributed by atoms with Gasteiger partial charge in [0.1, 0.15) is 17.7 Å². The van der Waals surface area contributed by atoms with Crippen molar-refractivity contribution in [3.05, 3.63) is 58.5 Å². The fourth-order valence-electron chi connectivity index (χ4n) is 4.91. The average molecular weight is 458 g/mol. The van der Waals surface area contributed by atoms with Crippen LogP contribution in [0.15, 0.2) is 36.3 Å². The second-order valence-electron chi connectivity index (χ2n) is 8.73. The smallest absolute Gasteiger partial charge is 0.258 e. The maximum Gasteiger partial charge on any atom is 0.258 e. The van der Waals surface area contributed by atoms with Gasteiger partial charge >= 0.3 is 0 Å². The van der Waals surface area contributed by atoms with E-state index in [0.717, 1.165) is 25.7 Å². The number of hydrogen-bond donors (Lipinski definition) is 2. The van der Waals surface area contributed by atoms with Crippen LogP contribution in [0.3, 0.4) is 0 Å². The predicted molar refractivity (Wildman–Crippen MR) is 119 cm³/mol. The van der Waals surface area contributed by atoms with Gasteiger partial charge in [-0.1, -0.05) is 18.0 Å². The molecule has 4 heterocycles. The Balaban J connectivity index is 1.34. The Labute approximate surface area is 190 Å². The second-order valence-corrected chi connectivity index (χ2v) is 9.17. The van der Waals surface area contributed by atoms with Crippen molar-refractivity contribution in [2.24, 2.45) is 5.73 Å². The molecule has 7 nitrogen and oxygen atoms in total. The van der Waals surface area contributed by atoms with E-state index in [-0.39, 0.29) is 30.9 Å². The first-order valence-electron chi connectivity index (χ1n) is 10.9. The number of fused-ring (bicyclic) bond motifs is 2. The molecule has 2 aromatic rings. The number of carbonyl (C=O) groups excluding carboxylic acids is 1. The molecule has 1 aromatic carbocycles. The molecule has 2 atom stereocenters. The van der Waals surface area contributed by atoms with Crippen molar-refractivity contribution in [3.8, 4) is 5.75 Å². The van der Waals surface area contributed by atoms with E-state index in [2.05, 4.69) is 15.3 Å². The largest absolute Gasteiger partial charge is 0.489 e. The summed E-state index contributed by atoms with van der Waals surface area (Å²) in [5, 5.41) is 4.05. The molecule has 3 N–H and O–H groups in total. The first-order valence-corrected chi connectivity index (χ1v) is 11.3. The number of carbonyl (C=O) groups is 1. The molecule has 0 aliphatic carbocycles. The highest BCUT2D eigenvalue weighted by atomic mass is 35.5. The zero-order valence-corrected chi connectivity index (χ0v) is 18.3. The molecule has 0 radical (unpaired) electrons. The van der Waals surface area contributed by atoms with Gasteiger partial charge in [-0.2, -0.15) is 0 Å². The number of ether oxygens (including phenoxy) is 1. The van der Waals surface area contributed by atoms with E-state index in [1.165, 1.54) is 37.0 Å². The maximum absolute atomic E-state index is 14.1. The lowest BCUT2D eigenvalue weighted by Gasteiger charge is -2.40. The van der Waals surface area contributed by atoms with Gasteiger partial charge in [0.25, 0.3) is 5.91 Å². The molecule has 32 heavy (non-hydrogen) atoms. The molecule has 3 aliphatic heterocycles. The zero-order chi connectivity index (χ0) is 22.2. The highest BCUT2D eigenvalue weighted by Gasteiger charge is 2.34. The zero-order valence-electron chi connectivity index (χ0n) is 17.6. The van der Waals surface area contributed by atoms with Crippen molar-refractivity contribution < 1.29 is 13.9 Å². The number of piperidine rings is 2. The lowest BCUT2D eigenvalue weighted by molar-refractivity contribution is 0.0763. The molecule has 1 aromatic heterocycles. The predicted octanol–water partition coefficient (Wildman–Crippen LogP) is 3.15. The van der Waals surface area contributed by atoms with Gasteiger partial charge in [0.15, 0.2) is 5.82 Å². The number of hydrogen-bond acceptors (Lipinski definition) is 6. The molecule has 3 aliphatic rings. The fraction of sp³-hybridized carbons (Fsp3) is 0.435. The standard InChI is InChI=1S/C23H25ClFN5O2/c24-13-9-27-22(28-10-13)19-11-30(12-20(19)26)23(31)18-5-4-14(25)6-21(18)32-17-7-15-2-1-3-16(8-17)29-15/h4-6,9-10,15-17,29H,1-3,7-8,11-12,26H2. The molecule has 2 unspecified atom stereocenters. The van der Waals surface area contributed by atoms with Crippen LogP contribution in [-0.2, 0) is 0 Å². The van der Waals surface area contributed by atoms with E-state index in [0.29, 0.717) is 39.8 Å². The van der Waals surface area contributed by atoms with E-state index >= 15 is 0 Å². The van der Waals surface area contributed by atoms with Crippen LogP contribution in [0.5, 0.6) is 5.75 Å². The van der Waals surface area contributed by atoms with Gasteiger partial charge in [-0.15, -0.1) is 0 Å². The van der Waals surface area contributed by atoms with Crippen molar-refractivity contribution in [1.82, 2.24) is 20.2 Å². The van der Waals surface area contributed by atoms with Crippen LogP contribution in [-0.4, -0.2) is 52.1 Å². The monoisotopic (exact) mass is 457 g/mol. The van der Waals surface area contributed by atoms with Crippen molar-refractivity contribution >= 4 is 23.1 Å². The Morgan fingerprint density at radius 1 is 1.19 bits per heavy atom. The number of amides is 1. The summed E-state index contributed by atoms with van der Waals surface area (Å²) in [5.74, 6) is 0.0369. The average Bonchev–Trinajstić information content (AvgIpc) is 3.15. The van der Waals surface area contributed by atoms with Crippen LogP contribution in [0, 0.1) is 5.82 Å². The third kappa shape index (κ3) is 4.29. The van der Waals surface area contributed by atoms with Crippen molar-refractivity contribution in [2.75, 3.05) is 13.1 Å². The summed E-state index contributed by atoms with van der Waals surface area (Å²) in [5.41, 5.74) is 7.74. The molecule has 1 amide bonds. The maximum atomic E-state index is 14.1. The summed E-state index contributed by atoms with van der Waals surface area (Å²) in [6.45, 7) is 0.509. The van der Waals surface area contributed by atoms with Crippen molar-refractivity contribution in [1.29, 1.82) is 0 Å². The number of benzene rings is 1. The van der Waals surface area contributed by atoms with Crippen molar-refractivity contribution in [3.63, 3.8) is 0 Å². The number of aromatic nitrogens is 2. The molecule has 0 spiro atoms. The molecule has 9 heteroatoms. The Morgan fingerprint density at radius 3 is 2.62 bits per heavy atom. The van der Waals surface area contributed by atoms with Gasteiger partial charge < -0.3 is 20.7 Å². The number of halogens is 2. The Kier molecular flexibility index (Phi) is 5.73. The Morgan fingerprint density at radius 2 is 1.91 bits per heavy atom. The van der Waals surface area contributed by atoms with Gasteiger partial charge in [-0.3, -0.25) is 4.79 Å². The minimum absolute atomic E-state index is 0.0419. The first-order chi connectivity index (χ1) is 15.5. The molecular weight excluding hydrogens is 433 g/mol. The summed E-state index contributed by atoms with van der Waals surface area (Å²) in [6, 6.07) is 4.92. The van der Waals surface area contributed by atoms with E-state index in [1.54, 1.807) is 4.90 Å². The number of rotatable bonds is 4. The van der Waals surface area contributed by atoms with Crippen LogP contribution < -0.4 is 15.8 Å². The Bertz CT molecular complexity index is 1050. The molecule has 0 saturated carbocycles. The highest BCUT2D eigenvalue weighted by molar-refractivity contribution is 6.30. The summed E-state index contributed by atoms with van der Waals surface area (Å²) >= 11 is 5.87. The minimum Gasteiger partial charge on any atom is -0.489 e. The second kappa shape index (κ2) is 8.67. The minimum atomic E-state index is -0.431.